The minimum atomic E-state index is -1.03. The Labute approximate surface area is 98.9 Å². The van der Waals surface area contributed by atoms with Crippen molar-refractivity contribution in [3.05, 3.63) is 11.4 Å². The molecule has 0 spiro atoms. The molecule has 1 rings (SSSR count). The highest BCUT2D eigenvalue weighted by molar-refractivity contribution is 5.91. The minimum absolute atomic E-state index is 0.0578. The molecule has 0 aliphatic heterocycles. The fraction of sp³-hybridized carbons (Fsp3) is 0.600. The Balaban J connectivity index is 3.15. The van der Waals surface area contributed by atoms with Gasteiger partial charge in [0.2, 0.25) is 0 Å². The zero-order valence-electron chi connectivity index (χ0n) is 10.4. The van der Waals surface area contributed by atoms with Crippen molar-refractivity contribution < 1.29 is 14.3 Å². The lowest BCUT2D eigenvalue weighted by Crippen LogP contribution is -2.39. The van der Waals surface area contributed by atoms with Crippen molar-refractivity contribution >= 4 is 11.9 Å². The summed E-state index contributed by atoms with van der Waals surface area (Å²) in [5.74, 6) is -1.11. The Morgan fingerprint density at radius 1 is 1.47 bits per heavy atom. The largest absolute Gasteiger partial charge is 0.464 e. The summed E-state index contributed by atoms with van der Waals surface area (Å²) in [6.07, 6.45) is 0. The zero-order chi connectivity index (χ0) is 13.2. The number of hydrogen-bond donors (Lipinski definition) is 1. The molecule has 0 unspecified atom stereocenters. The Bertz CT molecular complexity index is 450. The van der Waals surface area contributed by atoms with E-state index in [9.17, 15) is 9.59 Å². The number of carbonyl (C=O) groups excluding carboxylic acids is 2. The average Bonchev–Trinajstić information content (AvgIpc) is 2.60. The molecule has 1 aromatic rings. The molecule has 94 valence electrons. The monoisotopic (exact) mass is 240 g/mol. The molecular formula is C10H16N4O3. The van der Waals surface area contributed by atoms with Crippen LogP contribution in [-0.4, -0.2) is 33.5 Å². The van der Waals surface area contributed by atoms with Gasteiger partial charge in [-0.2, -0.15) is 0 Å². The molecule has 0 aliphatic carbocycles. The van der Waals surface area contributed by atoms with E-state index in [1.54, 1.807) is 27.7 Å². The maximum absolute atomic E-state index is 11.8. The number of ether oxygens (including phenoxy) is 1. The third-order valence-corrected chi connectivity index (χ3v) is 2.43. The van der Waals surface area contributed by atoms with Crippen molar-refractivity contribution in [2.75, 3.05) is 6.61 Å². The van der Waals surface area contributed by atoms with E-state index in [2.05, 4.69) is 10.3 Å². The molecule has 0 radical (unpaired) electrons. The first kappa shape index (κ1) is 13.1. The van der Waals surface area contributed by atoms with Gasteiger partial charge >= 0.3 is 5.97 Å². The van der Waals surface area contributed by atoms with E-state index in [0.29, 0.717) is 5.69 Å². The summed E-state index contributed by atoms with van der Waals surface area (Å²) in [6, 6.07) is 0. The van der Waals surface area contributed by atoms with Crippen LogP contribution in [0, 0.1) is 6.92 Å². The number of nitrogens with zero attached hydrogens (tertiary/aromatic N) is 3. The summed E-state index contributed by atoms with van der Waals surface area (Å²) in [7, 11) is 0. The van der Waals surface area contributed by atoms with Crippen LogP contribution >= 0.6 is 0 Å². The van der Waals surface area contributed by atoms with E-state index in [1.165, 1.54) is 4.68 Å². The van der Waals surface area contributed by atoms with E-state index in [-0.39, 0.29) is 12.3 Å². The normalized spacial score (nSPS) is 11.3. The lowest BCUT2D eigenvalue weighted by molar-refractivity contribution is -0.152. The summed E-state index contributed by atoms with van der Waals surface area (Å²) >= 11 is 0. The van der Waals surface area contributed by atoms with Crippen LogP contribution in [0.4, 0.5) is 0 Å². The van der Waals surface area contributed by atoms with Crippen molar-refractivity contribution in [3.63, 3.8) is 0 Å². The smallest absolute Gasteiger partial charge is 0.333 e. The Morgan fingerprint density at radius 2 is 2.06 bits per heavy atom. The van der Waals surface area contributed by atoms with Gasteiger partial charge in [0, 0.05) is 0 Å². The van der Waals surface area contributed by atoms with Crippen LogP contribution in [0.5, 0.6) is 0 Å². The van der Waals surface area contributed by atoms with E-state index in [1.807, 2.05) is 0 Å². The van der Waals surface area contributed by atoms with Crippen LogP contribution in [0.2, 0.25) is 0 Å². The topological polar surface area (TPSA) is 100 Å². The maximum atomic E-state index is 11.8. The van der Waals surface area contributed by atoms with Crippen molar-refractivity contribution in [3.8, 4) is 0 Å². The Hall–Kier alpha value is -1.92. The number of aromatic nitrogens is 3. The number of carbonyl (C=O) groups is 2. The first-order valence-electron chi connectivity index (χ1n) is 5.22. The van der Waals surface area contributed by atoms with Gasteiger partial charge in [-0.3, -0.25) is 4.79 Å². The Kier molecular flexibility index (Phi) is 3.50. The third kappa shape index (κ3) is 2.27. The van der Waals surface area contributed by atoms with Crippen molar-refractivity contribution in [2.24, 2.45) is 5.73 Å². The van der Waals surface area contributed by atoms with Gasteiger partial charge in [0.1, 0.15) is 0 Å². The predicted octanol–water partition coefficient (Wildman–Crippen LogP) is -0.0164. The van der Waals surface area contributed by atoms with Gasteiger partial charge < -0.3 is 10.5 Å². The van der Waals surface area contributed by atoms with Crippen LogP contribution in [0.15, 0.2) is 0 Å². The van der Waals surface area contributed by atoms with Gasteiger partial charge in [0.15, 0.2) is 11.2 Å². The van der Waals surface area contributed by atoms with Crippen molar-refractivity contribution in [1.29, 1.82) is 0 Å². The molecule has 0 saturated carbocycles. The number of hydrogen-bond acceptors (Lipinski definition) is 5. The second kappa shape index (κ2) is 4.52. The van der Waals surface area contributed by atoms with Crippen molar-refractivity contribution in [2.45, 2.75) is 33.2 Å². The number of nitrogens with two attached hydrogens (primary N) is 1. The molecule has 17 heavy (non-hydrogen) atoms. The molecule has 7 heteroatoms. The van der Waals surface area contributed by atoms with E-state index >= 15 is 0 Å². The quantitative estimate of drug-likeness (QED) is 0.745. The number of amides is 1. The molecule has 0 aromatic carbocycles. The van der Waals surface area contributed by atoms with Gasteiger partial charge in [-0.05, 0) is 27.7 Å². The molecule has 0 fully saturated rings. The lowest BCUT2D eigenvalue weighted by atomic mass is 10.1. The fourth-order valence-corrected chi connectivity index (χ4v) is 1.48. The highest BCUT2D eigenvalue weighted by Crippen LogP contribution is 2.19. The second-order valence-corrected chi connectivity index (χ2v) is 4.08. The molecule has 1 heterocycles. The lowest BCUT2D eigenvalue weighted by Gasteiger charge is -2.23. The zero-order valence-corrected chi connectivity index (χ0v) is 10.4. The molecular weight excluding hydrogens is 224 g/mol. The summed E-state index contributed by atoms with van der Waals surface area (Å²) in [6.45, 7) is 6.89. The third-order valence-electron chi connectivity index (χ3n) is 2.43. The molecule has 0 aliphatic rings. The average molecular weight is 240 g/mol. The van der Waals surface area contributed by atoms with Crippen LogP contribution in [-0.2, 0) is 15.1 Å². The first-order chi connectivity index (χ1) is 7.82. The number of rotatable bonds is 4. The standard InChI is InChI=1S/C10H16N4O3/c1-5-17-9(16)10(3,4)14-6(2)7(8(11)15)12-13-14/h5H2,1-4H3,(H2,11,15). The summed E-state index contributed by atoms with van der Waals surface area (Å²) in [4.78, 5) is 22.8. The van der Waals surface area contributed by atoms with Gasteiger partial charge in [-0.15, -0.1) is 5.10 Å². The number of esters is 1. The van der Waals surface area contributed by atoms with Crippen LogP contribution in [0.25, 0.3) is 0 Å². The predicted molar refractivity (Wildman–Crippen MR) is 59.2 cm³/mol. The number of primary amides is 1. The highest BCUT2D eigenvalue weighted by atomic mass is 16.5. The first-order valence-corrected chi connectivity index (χ1v) is 5.22. The molecule has 1 aromatic heterocycles. The molecule has 0 bridgehead atoms. The molecule has 2 N–H and O–H groups in total. The second-order valence-electron chi connectivity index (χ2n) is 4.08. The molecule has 7 nitrogen and oxygen atoms in total. The van der Waals surface area contributed by atoms with E-state index in [0.717, 1.165) is 0 Å². The van der Waals surface area contributed by atoms with Crippen molar-refractivity contribution in [1.82, 2.24) is 15.0 Å². The molecule has 0 atom stereocenters. The van der Waals surface area contributed by atoms with Crippen LogP contribution < -0.4 is 5.73 Å². The Morgan fingerprint density at radius 3 is 2.47 bits per heavy atom. The summed E-state index contributed by atoms with van der Waals surface area (Å²) in [5, 5.41) is 7.43. The van der Waals surface area contributed by atoms with Gasteiger partial charge in [-0.25, -0.2) is 9.48 Å². The molecule has 1 amide bonds. The van der Waals surface area contributed by atoms with Crippen LogP contribution in [0.3, 0.4) is 0 Å². The maximum Gasteiger partial charge on any atom is 0.333 e. The van der Waals surface area contributed by atoms with Crippen LogP contribution in [0.1, 0.15) is 37.0 Å². The van der Waals surface area contributed by atoms with E-state index < -0.39 is 17.4 Å². The fourth-order valence-electron chi connectivity index (χ4n) is 1.48. The highest BCUT2D eigenvalue weighted by Gasteiger charge is 2.35. The summed E-state index contributed by atoms with van der Waals surface area (Å²) in [5.41, 5.74) is 4.61. The molecule has 0 saturated heterocycles. The van der Waals surface area contributed by atoms with Gasteiger partial charge in [-0.1, -0.05) is 5.21 Å². The summed E-state index contributed by atoms with van der Waals surface area (Å²) < 4.78 is 6.28. The van der Waals surface area contributed by atoms with E-state index in [4.69, 9.17) is 10.5 Å². The van der Waals surface area contributed by atoms with Gasteiger partial charge in [0.25, 0.3) is 5.91 Å². The minimum Gasteiger partial charge on any atom is -0.464 e. The SMILES string of the molecule is CCOC(=O)C(C)(C)n1nnc(C(N)=O)c1C. The van der Waals surface area contributed by atoms with Gasteiger partial charge in [0.05, 0.1) is 12.3 Å².